The third-order valence-electron chi connectivity index (χ3n) is 2.03. The van der Waals surface area contributed by atoms with Crippen molar-refractivity contribution >= 4 is 0 Å². The summed E-state index contributed by atoms with van der Waals surface area (Å²) in [6, 6.07) is 10.5. The van der Waals surface area contributed by atoms with E-state index in [4.69, 9.17) is 0 Å². The van der Waals surface area contributed by atoms with Crippen LogP contribution in [0.1, 0.15) is 19.4 Å². The molecule has 0 heteroatoms. The first kappa shape index (κ1) is 9.79. The SMILES string of the molecule is C/C=C(C)/C=C/Cc1ccccc1. The lowest BCUT2D eigenvalue weighted by Crippen LogP contribution is -1.78. The second kappa shape index (κ2) is 5.36. The van der Waals surface area contributed by atoms with Gasteiger partial charge in [-0.3, -0.25) is 0 Å². The maximum absolute atomic E-state index is 2.20. The fraction of sp³-hybridized carbons (Fsp3) is 0.231. The third-order valence-corrected chi connectivity index (χ3v) is 2.03. The highest BCUT2D eigenvalue weighted by Crippen LogP contribution is 2.02. The van der Waals surface area contributed by atoms with Gasteiger partial charge < -0.3 is 0 Å². The molecule has 68 valence electrons. The van der Waals surface area contributed by atoms with Crippen LogP contribution in [-0.2, 0) is 6.42 Å². The standard InChI is InChI=1S/C13H16/c1-3-12(2)8-7-11-13-9-5-4-6-10-13/h3-10H,11H2,1-2H3/b8-7+,12-3+. The lowest BCUT2D eigenvalue weighted by molar-refractivity contribution is 1.26. The van der Waals surface area contributed by atoms with Crippen LogP contribution in [0.15, 0.2) is 54.1 Å². The minimum absolute atomic E-state index is 1.02. The maximum Gasteiger partial charge on any atom is -0.00942 e. The zero-order valence-electron chi connectivity index (χ0n) is 8.33. The Kier molecular flexibility index (Phi) is 4.04. The zero-order chi connectivity index (χ0) is 9.52. The molecular formula is C13H16. The Morgan fingerprint density at radius 2 is 1.92 bits per heavy atom. The van der Waals surface area contributed by atoms with E-state index in [2.05, 4.69) is 56.3 Å². The molecule has 0 heterocycles. The lowest BCUT2D eigenvalue weighted by atomic mass is 10.1. The van der Waals surface area contributed by atoms with E-state index in [1.807, 2.05) is 6.07 Å². The number of hydrogen-bond donors (Lipinski definition) is 0. The van der Waals surface area contributed by atoms with E-state index in [-0.39, 0.29) is 0 Å². The Morgan fingerprint density at radius 3 is 2.54 bits per heavy atom. The van der Waals surface area contributed by atoms with Gasteiger partial charge in [-0.2, -0.15) is 0 Å². The molecule has 0 nitrogen and oxygen atoms in total. The minimum Gasteiger partial charge on any atom is -0.0847 e. The normalized spacial score (nSPS) is 12.3. The lowest BCUT2D eigenvalue weighted by Gasteiger charge is -1.94. The molecule has 0 unspecified atom stereocenters. The van der Waals surface area contributed by atoms with Gasteiger partial charge >= 0.3 is 0 Å². The molecule has 0 spiro atoms. The molecule has 13 heavy (non-hydrogen) atoms. The fourth-order valence-corrected chi connectivity index (χ4v) is 1.09. The molecule has 0 aliphatic rings. The Morgan fingerprint density at radius 1 is 1.23 bits per heavy atom. The average molecular weight is 172 g/mol. The summed E-state index contributed by atoms with van der Waals surface area (Å²) in [6.07, 6.45) is 7.49. The third kappa shape index (κ3) is 3.75. The van der Waals surface area contributed by atoms with E-state index in [1.54, 1.807) is 0 Å². The van der Waals surface area contributed by atoms with Gasteiger partial charge in [0.05, 0.1) is 0 Å². The molecule has 0 amide bonds. The van der Waals surface area contributed by atoms with E-state index < -0.39 is 0 Å². The van der Waals surface area contributed by atoms with Crippen molar-refractivity contribution in [1.82, 2.24) is 0 Å². The Bertz CT molecular complexity index is 291. The van der Waals surface area contributed by atoms with E-state index in [1.165, 1.54) is 11.1 Å². The van der Waals surface area contributed by atoms with Crippen molar-refractivity contribution in [2.45, 2.75) is 20.3 Å². The highest BCUT2D eigenvalue weighted by atomic mass is 13.9. The molecule has 0 aliphatic heterocycles. The summed E-state index contributed by atoms with van der Waals surface area (Å²) in [5.74, 6) is 0. The molecule has 1 aromatic rings. The minimum atomic E-state index is 1.02. The Balaban J connectivity index is 2.48. The number of benzene rings is 1. The van der Waals surface area contributed by atoms with Crippen molar-refractivity contribution in [2.24, 2.45) is 0 Å². The first-order valence-electron chi connectivity index (χ1n) is 4.66. The van der Waals surface area contributed by atoms with Crippen LogP contribution >= 0.6 is 0 Å². The quantitative estimate of drug-likeness (QED) is 0.609. The molecule has 1 aromatic carbocycles. The smallest absolute Gasteiger partial charge is 0.00942 e. The second-order valence-corrected chi connectivity index (χ2v) is 3.12. The van der Waals surface area contributed by atoms with E-state index in [9.17, 15) is 0 Å². The van der Waals surface area contributed by atoms with E-state index in [0.29, 0.717) is 0 Å². The summed E-state index contributed by atoms with van der Waals surface area (Å²) in [4.78, 5) is 0. The summed E-state index contributed by atoms with van der Waals surface area (Å²) in [5.41, 5.74) is 2.68. The van der Waals surface area contributed by atoms with Gasteiger partial charge in [-0.15, -0.1) is 0 Å². The summed E-state index contributed by atoms with van der Waals surface area (Å²) in [7, 11) is 0. The van der Waals surface area contributed by atoms with Crippen molar-refractivity contribution in [3.05, 3.63) is 59.7 Å². The van der Waals surface area contributed by atoms with Gasteiger partial charge in [-0.05, 0) is 25.8 Å². The zero-order valence-corrected chi connectivity index (χ0v) is 8.33. The van der Waals surface area contributed by atoms with Gasteiger partial charge in [0, 0.05) is 0 Å². The van der Waals surface area contributed by atoms with Gasteiger partial charge in [-0.1, -0.05) is 54.1 Å². The van der Waals surface area contributed by atoms with E-state index >= 15 is 0 Å². The molecule has 0 saturated heterocycles. The van der Waals surface area contributed by atoms with Crippen LogP contribution in [0.2, 0.25) is 0 Å². The second-order valence-electron chi connectivity index (χ2n) is 3.12. The van der Waals surface area contributed by atoms with Crippen LogP contribution < -0.4 is 0 Å². The predicted molar refractivity (Wildman–Crippen MR) is 58.7 cm³/mol. The first-order chi connectivity index (χ1) is 6.33. The van der Waals surface area contributed by atoms with Gasteiger partial charge in [0.2, 0.25) is 0 Å². The highest BCUT2D eigenvalue weighted by molar-refractivity contribution is 5.21. The molecule has 1 rings (SSSR count). The maximum atomic E-state index is 2.20. The number of rotatable bonds is 3. The molecule has 0 bridgehead atoms. The van der Waals surface area contributed by atoms with Crippen LogP contribution in [0.25, 0.3) is 0 Å². The van der Waals surface area contributed by atoms with Crippen LogP contribution in [0.4, 0.5) is 0 Å². The van der Waals surface area contributed by atoms with Crippen LogP contribution in [0.3, 0.4) is 0 Å². The van der Waals surface area contributed by atoms with Gasteiger partial charge in [0.1, 0.15) is 0 Å². The van der Waals surface area contributed by atoms with Crippen LogP contribution in [0.5, 0.6) is 0 Å². The molecule has 0 fully saturated rings. The van der Waals surface area contributed by atoms with Crippen molar-refractivity contribution < 1.29 is 0 Å². The van der Waals surface area contributed by atoms with Crippen molar-refractivity contribution in [2.75, 3.05) is 0 Å². The number of hydrogen-bond acceptors (Lipinski definition) is 0. The predicted octanol–water partition coefficient (Wildman–Crippen LogP) is 3.75. The molecule has 0 atom stereocenters. The first-order valence-corrected chi connectivity index (χ1v) is 4.66. The van der Waals surface area contributed by atoms with Crippen molar-refractivity contribution in [3.63, 3.8) is 0 Å². The van der Waals surface area contributed by atoms with Crippen LogP contribution in [0, 0.1) is 0 Å². The van der Waals surface area contributed by atoms with Gasteiger partial charge in [-0.25, -0.2) is 0 Å². The topological polar surface area (TPSA) is 0 Å². The molecule has 0 N–H and O–H groups in total. The monoisotopic (exact) mass is 172 g/mol. The van der Waals surface area contributed by atoms with Crippen molar-refractivity contribution in [1.29, 1.82) is 0 Å². The molecular weight excluding hydrogens is 156 g/mol. The molecule has 0 saturated carbocycles. The summed E-state index contributed by atoms with van der Waals surface area (Å²) < 4.78 is 0. The summed E-state index contributed by atoms with van der Waals surface area (Å²) in [5, 5.41) is 0. The average Bonchev–Trinajstić information content (AvgIpc) is 2.19. The van der Waals surface area contributed by atoms with Gasteiger partial charge in [0.15, 0.2) is 0 Å². The van der Waals surface area contributed by atoms with Crippen LogP contribution in [-0.4, -0.2) is 0 Å². The molecule has 0 aromatic heterocycles. The van der Waals surface area contributed by atoms with E-state index in [0.717, 1.165) is 6.42 Å². The summed E-state index contributed by atoms with van der Waals surface area (Å²) in [6.45, 7) is 4.17. The molecule has 0 aliphatic carbocycles. The largest absolute Gasteiger partial charge is 0.0847 e. The van der Waals surface area contributed by atoms with Gasteiger partial charge in [0.25, 0.3) is 0 Å². The fourth-order valence-electron chi connectivity index (χ4n) is 1.09. The summed E-state index contributed by atoms with van der Waals surface area (Å²) >= 11 is 0. The molecule has 0 radical (unpaired) electrons. The Labute approximate surface area is 80.6 Å². The van der Waals surface area contributed by atoms with Crippen molar-refractivity contribution in [3.8, 4) is 0 Å². The highest BCUT2D eigenvalue weighted by Gasteiger charge is 1.85. The Hall–Kier alpha value is -1.30. The number of allylic oxidation sites excluding steroid dienone is 4.